The van der Waals surface area contributed by atoms with Crippen molar-refractivity contribution in [2.24, 2.45) is 5.41 Å². The predicted octanol–water partition coefficient (Wildman–Crippen LogP) is 2.31. The smallest absolute Gasteiger partial charge is 0.407 e. The third-order valence-electron chi connectivity index (χ3n) is 5.17. The van der Waals surface area contributed by atoms with Crippen LogP contribution in [0.5, 0.6) is 0 Å². The Morgan fingerprint density at radius 1 is 1.32 bits per heavy atom. The van der Waals surface area contributed by atoms with Crippen LogP contribution in [0.15, 0.2) is 24.3 Å². The van der Waals surface area contributed by atoms with Crippen molar-refractivity contribution in [3.8, 4) is 0 Å². The van der Waals surface area contributed by atoms with E-state index in [-0.39, 0.29) is 11.8 Å². The van der Waals surface area contributed by atoms with Crippen LogP contribution < -0.4 is 0 Å². The number of likely N-dealkylation sites (tertiary alicyclic amines) is 2. The second-order valence-corrected chi connectivity index (χ2v) is 6.61. The summed E-state index contributed by atoms with van der Waals surface area (Å²) >= 11 is 0. The molecule has 5 nitrogen and oxygen atoms in total. The fourth-order valence-electron chi connectivity index (χ4n) is 3.99. The molecule has 2 atom stereocenters. The van der Waals surface area contributed by atoms with Gasteiger partial charge in [0, 0.05) is 32.6 Å². The second kappa shape index (κ2) is 5.30. The van der Waals surface area contributed by atoms with Gasteiger partial charge in [-0.25, -0.2) is 4.79 Å². The molecule has 2 amide bonds. The SMILES string of the molecule is Cc1ccc(C2CN(C)C(=O)C23CCCN(C(=O)O)C3)cc1. The number of carboxylic acid groups (broad SMARTS) is 1. The average Bonchev–Trinajstić information content (AvgIpc) is 2.74. The number of benzene rings is 1. The molecule has 1 aromatic rings. The van der Waals surface area contributed by atoms with E-state index < -0.39 is 11.5 Å². The topological polar surface area (TPSA) is 60.9 Å². The number of likely N-dealkylation sites (N-methyl/N-ethyl adjacent to an activating group) is 1. The van der Waals surface area contributed by atoms with Crippen LogP contribution in [0.2, 0.25) is 0 Å². The number of aryl methyl sites for hydroxylation is 1. The number of piperidine rings is 1. The normalized spacial score (nSPS) is 28.5. The van der Waals surface area contributed by atoms with Gasteiger partial charge in [0.15, 0.2) is 0 Å². The van der Waals surface area contributed by atoms with E-state index >= 15 is 0 Å². The first-order valence-electron chi connectivity index (χ1n) is 7.74. The fraction of sp³-hybridized carbons (Fsp3) is 0.529. The average molecular weight is 302 g/mol. The van der Waals surface area contributed by atoms with Gasteiger partial charge in [-0.05, 0) is 25.3 Å². The van der Waals surface area contributed by atoms with Gasteiger partial charge in [0.2, 0.25) is 5.91 Å². The minimum absolute atomic E-state index is 0.0627. The molecule has 0 aromatic heterocycles. The van der Waals surface area contributed by atoms with Crippen LogP contribution in [0.1, 0.15) is 29.9 Å². The second-order valence-electron chi connectivity index (χ2n) is 6.61. The van der Waals surface area contributed by atoms with Crippen LogP contribution in [-0.4, -0.2) is 53.6 Å². The number of carbonyl (C=O) groups is 2. The van der Waals surface area contributed by atoms with Gasteiger partial charge in [-0.15, -0.1) is 0 Å². The van der Waals surface area contributed by atoms with Gasteiger partial charge in [0.25, 0.3) is 0 Å². The summed E-state index contributed by atoms with van der Waals surface area (Å²) in [6, 6.07) is 8.27. The van der Waals surface area contributed by atoms with E-state index in [1.807, 2.05) is 14.0 Å². The Morgan fingerprint density at radius 2 is 2.00 bits per heavy atom. The van der Waals surface area contributed by atoms with E-state index in [0.717, 1.165) is 18.4 Å². The van der Waals surface area contributed by atoms with Crippen LogP contribution in [0.3, 0.4) is 0 Å². The van der Waals surface area contributed by atoms with Crippen LogP contribution in [0, 0.1) is 12.3 Å². The number of amides is 2. The highest BCUT2D eigenvalue weighted by Crippen LogP contribution is 2.49. The number of hydrogen-bond donors (Lipinski definition) is 1. The van der Waals surface area contributed by atoms with Crippen LogP contribution in [0.25, 0.3) is 0 Å². The summed E-state index contributed by atoms with van der Waals surface area (Å²) in [7, 11) is 1.82. The van der Waals surface area contributed by atoms with E-state index in [2.05, 4.69) is 24.3 Å². The van der Waals surface area contributed by atoms with Crippen molar-refractivity contribution in [2.75, 3.05) is 26.7 Å². The summed E-state index contributed by atoms with van der Waals surface area (Å²) in [5.41, 5.74) is 1.72. The molecule has 1 aromatic carbocycles. The molecule has 2 aliphatic rings. The zero-order valence-electron chi connectivity index (χ0n) is 13.1. The predicted molar refractivity (Wildman–Crippen MR) is 82.8 cm³/mol. The lowest BCUT2D eigenvalue weighted by Gasteiger charge is -2.41. The zero-order chi connectivity index (χ0) is 15.9. The highest BCUT2D eigenvalue weighted by atomic mass is 16.4. The highest BCUT2D eigenvalue weighted by molar-refractivity contribution is 5.87. The Kier molecular flexibility index (Phi) is 3.59. The summed E-state index contributed by atoms with van der Waals surface area (Å²) < 4.78 is 0. The van der Waals surface area contributed by atoms with Gasteiger partial charge in [-0.1, -0.05) is 29.8 Å². The molecule has 0 bridgehead atoms. The number of nitrogens with zero attached hydrogens (tertiary/aromatic N) is 2. The van der Waals surface area contributed by atoms with Crippen molar-refractivity contribution >= 4 is 12.0 Å². The molecule has 118 valence electrons. The van der Waals surface area contributed by atoms with Crippen molar-refractivity contribution in [1.29, 1.82) is 0 Å². The van der Waals surface area contributed by atoms with Crippen LogP contribution in [-0.2, 0) is 4.79 Å². The molecular weight excluding hydrogens is 280 g/mol. The third-order valence-corrected chi connectivity index (χ3v) is 5.17. The molecule has 1 N–H and O–H groups in total. The molecule has 1 spiro atoms. The monoisotopic (exact) mass is 302 g/mol. The first kappa shape index (κ1) is 14.9. The Balaban J connectivity index is 1.99. The Morgan fingerprint density at radius 3 is 2.64 bits per heavy atom. The minimum Gasteiger partial charge on any atom is -0.465 e. The molecule has 2 unspecified atom stereocenters. The first-order chi connectivity index (χ1) is 10.4. The third kappa shape index (κ3) is 2.25. The Hall–Kier alpha value is -2.04. The van der Waals surface area contributed by atoms with Crippen molar-refractivity contribution < 1.29 is 14.7 Å². The van der Waals surface area contributed by atoms with E-state index in [1.165, 1.54) is 10.5 Å². The molecule has 3 rings (SSSR count). The van der Waals surface area contributed by atoms with Crippen molar-refractivity contribution in [2.45, 2.75) is 25.7 Å². The zero-order valence-corrected chi connectivity index (χ0v) is 13.1. The molecule has 0 aliphatic carbocycles. The Labute approximate surface area is 130 Å². The maximum atomic E-state index is 12.8. The molecule has 2 fully saturated rings. The summed E-state index contributed by atoms with van der Waals surface area (Å²) in [6.45, 7) is 3.53. The van der Waals surface area contributed by atoms with E-state index in [9.17, 15) is 14.7 Å². The number of rotatable bonds is 1. The van der Waals surface area contributed by atoms with Gasteiger partial charge >= 0.3 is 6.09 Å². The lowest BCUT2D eigenvalue weighted by Crippen LogP contribution is -2.51. The van der Waals surface area contributed by atoms with Gasteiger partial charge < -0.3 is 14.9 Å². The van der Waals surface area contributed by atoms with Gasteiger partial charge in [0.05, 0.1) is 5.41 Å². The number of carbonyl (C=O) groups excluding carboxylic acids is 1. The molecule has 22 heavy (non-hydrogen) atoms. The van der Waals surface area contributed by atoms with Crippen molar-refractivity contribution in [3.63, 3.8) is 0 Å². The molecule has 5 heteroatoms. The van der Waals surface area contributed by atoms with Crippen molar-refractivity contribution in [1.82, 2.24) is 9.80 Å². The standard InChI is InChI=1S/C17H22N2O3/c1-12-4-6-13(7-5-12)14-10-18(2)15(20)17(14)8-3-9-19(11-17)16(21)22/h4-7,14H,3,8-11H2,1-2H3,(H,21,22). The van der Waals surface area contributed by atoms with Gasteiger partial charge in [-0.2, -0.15) is 0 Å². The summed E-state index contributed by atoms with van der Waals surface area (Å²) in [5, 5.41) is 9.33. The van der Waals surface area contributed by atoms with E-state index in [1.54, 1.807) is 4.90 Å². The molecule has 2 heterocycles. The molecule has 2 aliphatic heterocycles. The van der Waals surface area contributed by atoms with Crippen molar-refractivity contribution in [3.05, 3.63) is 35.4 Å². The van der Waals surface area contributed by atoms with Crippen LogP contribution >= 0.6 is 0 Å². The number of hydrogen-bond acceptors (Lipinski definition) is 2. The maximum Gasteiger partial charge on any atom is 0.407 e. The summed E-state index contributed by atoms with van der Waals surface area (Å²) in [4.78, 5) is 27.3. The maximum absolute atomic E-state index is 12.8. The fourth-order valence-corrected chi connectivity index (χ4v) is 3.99. The van der Waals surface area contributed by atoms with Gasteiger partial charge in [-0.3, -0.25) is 4.79 Å². The summed E-state index contributed by atoms with van der Waals surface area (Å²) in [6.07, 6.45) is 0.580. The molecular formula is C17H22N2O3. The molecule has 2 saturated heterocycles. The quantitative estimate of drug-likeness (QED) is 0.866. The summed E-state index contributed by atoms with van der Waals surface area (Å²) in [5.74, 6) is 0.150. The minimum atomic E-state index is -0.927. The van der Waals surface area contributed by atoms with E-state index in [4.69, 9.17) is 0 Å². The largest absolute Gasteiger partial charge is 0.465 e. The highest BCUT2D eigenvalue weighted by Gasteiger charge is 2.55. The van der Waals surface area contributed by atoms with Gasteiger partial charge in [0.1, 0.15) is 0 Å². The lowest BCUT2D eigenvalue weighted by atomic mass is 9.69. The molecule has 0 radical (unpaired) electrons. The van der Waals surface area contributed by atoms with Crippen LogP contribution in [0.4, 0.5) is 4.79 Å². The molecule has 0 saturated carbocycles. The lowest BCUT2D eigenvalue weighted by molar-refractivity contribution is -0.137. The first-order valence-corrected chi connectivity index (χ1v) is 7.74. The Bertz CT molecular complexity index is 598. The van der Waals surface area contributed by atoms with E-state index in [0.29, 0.717) is 19.6 Å².